The average Bonchev–Trinajstić information content (AvgIpc) is 2.66. The minimum atomic E-state index is -0.130. The summed E-state index contributed by atoms with van der Waals surface area (Å²) in [5.41, 5.74) is 3.02. The van der Waals surface area contributed by atoms with Gasteiger partial charge < -0.3 is 19.4 Å². The van der Waals surface area contributed by atoms with Crippen molar-refractivity contribution in [3.63, 3.8) is 0 Å². The topological polar surface area (TPSA) is 68.7 Å². The molecule has 0 bridgehead atoms. The number of methoxy groups -OCH3 is 2. The number of hydrogen-bond acceptors (Lipinski definition) is 4. The van der Waals surface area contributed by atoms with Crippen LogP contribution in [-0.2, 0) is 19.5 Å². The maximum absolute atomic E-state index is 12.3. The molecule has 0 aliphatic carbocycles. The van der Waals surface area contributed by atoms with E-state index >= 15 is 0 Å². The third-order valence-corrected chi connectivity index (χ3v) is 5.26. The van der Waals surface area contributed by atoms with Crippen molar-refractivity contribution in [2.75, 3.05) is 20.8 Å². The first-order chi connectivity index (χ1) is 13.1. The molecule has 7 heteroatoms. The first-order valence-electron chi connectivity index (χ1n) is 8.83. The predicted octanol–water partition coefficient (Wildman–Crippen LogP) is 1.73. The van der Waals surface area contributed by atoms with E-state index in [1.807, 2.05) is 6.07 Å². The Morgan fingerprint density at radius 2 is 1.89 bits per heavy atom. The van der Waals surface area contributed by atoms with Crippen molar-refractivity contribution < 1.29 is 14.4 Å². The molecule has 1 aliphatic heterocycles. The molecular formula is C20H21ClN3O3+. The number of hydrogen-bond donors (Lipinski definition) is 2. The summed E-state index contributed by atoms with van der Waals surface area (Å²) >= 11 is 6.05. The van der Waals surface area contributed by atoms with Crippen molar-refractivity contribution in [1.29, 1.82) is 0 Å². The van der Waals surface area contributed by atoms with E-state index in [2.05, 4.69) is 16.0 Å². The zero-order chi connectivity index (χ0) is 19.0. The third-order valence-electron chi connectivity index (χ3n) is 5.03. The van der Waals surface area contributed by atoms with Gasteiger partial charge in [0.1, 0.15) is 13.1 Å². The van der Waals surface area contributed by atoms with Gasteiger partial charge in [-0.15, -0.1) is 0 Å². The molecule has 1 aliphatic rings. The molecule has 1 atom stereocenters. The van der Waals surface area contributed by atoms with Crippen molar-refractivity contribution in [3.05, 3.63) is 62.7 Å². The van der Waals surface area contributed by atoms with E-state index in [-0.39, 0.29) is 5.56 Å². The third kappa shape index (κ3) is 3.50. The number of rotatable bonds is 4. The normalized spacial score (nSPS) is 16.2. The van der Waals surface area contributed by atoms with E-state index in [1.54, 1.807) is 32.4 Å². The van der Waals surface area contributed by atoms with E-state index in [9.17, 15) is 4.79 Å². The van der Waals surface area contributed by atoms with Crippen LogP contribution in [0.25, 0.3) is 10.9 Å². The molecule has 1 unspecified atom stereocenters. The lowest BCUT2D eigenvalue weighted by molar-refractivity contribution is -0.930. The number of fused-ring (bicyclic) bond motifs is 2. The zero-order valence-electron chi connectivity index (χ0n) is 15.3. The highest BCUT2D eigenvalue weighted by Gasteiger charge is 2.23. The number of nitrogens with one attached hydrogen (secondary N) is 2. The summed E-state index contributed by atoms with van der Waals surface area (Å²) in [6.07, 6.45) is 0.939. The van der Waals surface area contributed by atoms with Crippen LogP contribution < -0.4 is 19.9 Å². The van der Waals surface area contributed by atoms with Crippen LogP contribution in [0.5, 0.6) is 11.5 Å². The average molecular weight is 387 g/mol. The van der Waals surface area contributed by atoms with Gasteiger partial charge in [-0.1, -0.05) is 11.6 Å². The quantitative estimate of drug-likeness (QED) is 0.716. The molecule has 2 aromatic carbocycles. The summed E-state index contributed by atoms with van der Waals surface area (Å²) in [4.78, 5) is 21.2. The Hall–Kier alpha value is -2.57. The first kappa shape index (κ1) is 17.8. The van der Waals surface area contributed by atoms with Crippen molar-refractivity contribution in [1.82, 2.24) is 9.97 Å². The smallest absolute Gasteiger partial charge is 0.258 e. The second kappa shape index (κ2) is 7.21. The lowest BCUT2D eigenvalue weighted by Crippen LogP contribution is -3.10. The Kier molecular flexibility index (Phi) is 4.76. The van der Waals surface area contributed by atoms with Crippen LogP contribution in [0.1, 0.15) is 17.0 Å². The summed E-state index contributed by atoms with van der Waals surface area (Å²) in [5.74, 6) is 2.18. The molecule has 1 aromatic heterocycles. The monoisotopic (exact) mass is 386 g/mol. The fraction of sp³-hybridized carbons (Fsp3) is 0.300. The fourth-order valence-electron chi connectivity index (χ4n) is 3.66. The maximum Gasteiger partial charge on any atom is 0.258 e. The van der Waals surface area contributed by atoms with Gasteiger partial charge in [-0.05, 0) is 35.9 Å². The molecular weight excluding hydrogens is 366 g/mol. The van der Waals surface area contributed by atoms with Crippen LogP contribution in [0.3, 0.4) is 0 Å². The summed E-state index contributed by atoms with van der Waals surface area (Å²) < 4.78 is 10.8. The highest BCUT2D eigenvalue weighted by atomic mass is 35.5. The van der Waals surface area contributed by atoms with Crippen molar-refractivity contribution >= 4 is 22.5 Å². The van der Waals surface area contributed by atoms with E-state index in [4.69, 9.17) is 21.1 Å². The van der Waals surface area contributed by atoms with Crippen LogP contribution in [0.15, 0.2) is 35.1 Å². The Morgan fingerprint density at radius 1 is 1.15 bits per heavy atom. The lowest BCUT2D eigenvalue weighted by atomic mass is 9.99. The van der Waals surface area contributed by atoms with Gasteiger partial charge in [0.05, 0.1) is 31.7 Å². The van der Waals surface area contributed by atoms with Gasteiger partial charge in [-0.3, -0.25) is 4.79 Å². The fourth-order valence-corrected chi connectivity index (χ4v) is 3.83. The van der Waals surface area contributed by atoms with Gasteiger partial charge in [0.15, 0.2) is 17.3 Å². The van der Waals surface area contributed by atoms with E-state index < -0.39 is 0 Å². The predicted molar refractivity (Wildman–Crippen MR) is 104 cm³/mol. The van der Waals surface area contributed by atoms with Crippen molar-refractivity contribution in [2.45, 2.75) is 19.5 Å². The Bertz CT molecular complexity index is 1060. The molecule has 0 radical (unpaired) electrons. The molecule has 6 nitrogen and oxygen atoms in total. The number of H-pyrrole nitrogens is 1. The molecule has 0 fully saturated rings. The number of nitrogens with zero attached hydrogens (tertiary/aromatic N) is 1. The van der Waals surface area contributed by atoms with Gasteiger partial charge in [-0.2, -0.15) is 0 Å². The standard InChI is InChI=1S/C20H20ClN3O3/c1-26-17-7-12-5-6-24(10-13(12)8-18(17)27-2)11-19-22-16-9-14(21)3-4-15(16)20(25)23-19/h3-4,7-9H,5-6,10-11H2,1-2H3,(H,22,23,25)/p+1. The van der Waals surface area contributed by atoms with Crippen LogP contribution in [0.4, 0.5) is 0 Å². The molecule has 0 saturated heterocycles. The molecule has 0 saturated carbocycles. The van der Waals surface area contributed by atoms with Gasteiger partial charge in [-0.25, -0.2) is 4.98 Å². The van der Waals surface area contributed by atoms with Gasteiger partial charge in [0.25, 0.3) is 5.56 Å². The molecule has 0 spiro atoms. The minimum absolute atomic E-state index is 0.130. The number of aromatic amines is 1. The summed E-state index contributed by atoms with van der Waals surface area (Å²) in [6.45, 7) is 2.44. The molecule has 2 N–H and O–H groups in total. The second-order valence-corrected chi connectivity index (χ2v) is 7.19. The van der Waals surface area contributed by atoms with Crippen LogP contribution >= 0.6 is 11.6 Å². The molecule has 2 heterocycles. The Morgan fingerprint density at radius 3 is 2.63 bits per heavy atom. The number of quaternary nitrogens is 1. The highest BCUT2D eigenvalue weighted by molar-refractivity contribution is 6.31. The van der Waals surface area contributed by atoms with Crippen molar-refractivity contribution in [3.8, 4) is 11.5 Å². The van der Waals surface area contributed by atoms with Crippen molar-refractivity contribution in [2.24, 2.45) is 0 Å². The number of halogens is 1. The maximum atomic E-state index is 12.3. The van der Waals surface area contributed by atoms with E-state index in [0.29, 0.717) is 28.3 Å². The number of ether oxygens (including phenoxy) is 2. The minimum Gasteiger partial charge on any atom is -0.493 e. The highest BCUT2D eigenvalue weighted by Crippen LogP contribution is 2.31. The van der Waals surface area contributed by atoms with Gasteiger partial charge >= 0.3 is 0 Å². The SMILES string of the molecule is COc1cc2c(cc1OC)C[NH+](Cc1nc3cc(Cl)ccc3c(=O)[nH]1)CC2. The first-order valence-corrected chi connectivity index (χ1v) is 9.21. The molecule has 27 heavy (non-hydrogen) atoms. The Balaban J connectivity index is 1.60. The molecule has 0 amide bonds. The number of benzene rings is 2. The lowest BCUT2D eigenvalue weighted by Gasteiger charge is -2.26. The molecule has 140 valence electrons. The van der Waals surface area contributed by atoms with Crippen LogP contribution in [-0.4, -0.2) is 30.7 Å². The number of aromatic nitrogens is 2. The van der Waals surface area contributed by atoms with Crippen LogP contribution in [0.2, 0.25) is 5.02 Å². The summed E-state index contributed by atoms with van der Waals surface area (Å²) in [7, 11) is 3.30. The van der Waals surface area contributed by atoms with Crippen LogP contribution in [0, 0.1) is 0 Å². The van der Waals surface area contributed by atoms with Gasteiger partial charge in [0, 0.05) is 17.0 Å². The largest absolute Gasteiger partial charge is 0.493 e. The molecule has 4 rings (SSSR count). The summed E-state index contributed by atoms with van der Waals surface area (Å²) in [5, 5.41) is 1.13. The van der Waals surface area contributed by atoms with E-state index in [0.717, 1.165) is 31.0 Å². The van der Waals surface area contributed by atoms with Gasteiger partial charge in [0.2, 0.25) is 0 Å². The zero-order valence-corrected chi connectivity index (χ0v) is 16.0. The summed E-state index contributed by atoms with van der Waals surface area (Å²) in [6, 6.07) is 9.24. The van der Waals surface area contributed by atoms with E-state index in [1.165, 1.54) is 16.0 Å². The Labute approximate surface area is 161 Å². The molecule has 3 aromatic rings. The second-order valence-electron chi connectivity index (χ2n) is 6.75.